The van der Waals surface area contributed by atoms with E-state index in [2.05, 4.69) is 4.98 Å². The Kier molecular flexibility index (Phi) is 5.34. The molecule has 0 saturated carbocycles. The molecule has 30 heavy (non-hydrogen) atoms. The first kappa shape index (κ1) is 20.2. The van der Waals surface area contributed by atoms with Crippen LogP contribution in [0.3, 0.4) is 0 Å². The van der Waals surface area contributed by atoms with Crippen LogP contribution in [0.25, 0.3) is 10.9 Å². The lowest BCUT2D eigenvalue weighted by molar-refractivity contribution is -0.118. The first-order valence-electron chi connectivity index (χ1n) is 9.58. The summed E-state index contributed by atoms with van der Waals surface area (Å²) in [6.45, 7) is 1.51. The van der Waals surface area contributed by atoms with E-state index in [0.717, 1.165) is 5.69 Å². The highest BCUT2D eigenvalue weighted by Crippen LogP contribution is 2.39. The summed E-state index contributed by atoms with van der Waals surface area (Å²) in [6, 6.07) is 10.2. The van der Waals surface area contributed by atoms with Gasteiger partial charge in [0.15, 0.2) is 11.6 Å². The van der Waals surface area contributed by atoms with Gasteiger partial charge in [-0.2, -0.15) is 0 Å². The molecule has 0 aliphatic carbocycles. The molecule has 7 nitrogen and oxygen atoms in total. The number of nitrogens with zero attached hydrogens (tertiary/aromatic N) is 4. The van der Waals surface area contributed by atoms with Gasteiger partial charge in [-0.15, -0.1) is 0 Å². The van der Waals surface area contributed by atoms with E-state index in [4.69, 9.17) is 0 Å². The van der Waals surface area contributed by atoms with Crippen molar-refractivity contribution in [1.29, 1.82) is 0 Å². The van der Waals surface area contributed by atoms with Crippen molar-refractivity contribution in [2.75, 3.05) is 24.2 Å². The lowest BCUT2D eigenvalue weighted by Gasteiger charge is -2.25. The highest BCUT2D eigenvalue weighted by molar-refractivity contribution is 8.01. The fourth-order valence-corrected chi connectivity index (χ4v) is 5.20. The Morgan fingerprint density at radius 1 is 1.13 bits per heavy atom. The van der Waals surface area contributed by atoms with Gasteiger partial charge in [-0.1, -0.05) is 18.2 Å². The number of carbonyl (C=O) groups excluding carboxylic acids is 3. The predicted molar refractivity (Wildman–Crippen MR) is 118 cm³/mol. The van der Waals surface area contributed by atoms with E-state index in [-0.39, 0.29) is 17.6 Å². The number of fused-ring (bicyclic) bond motifs is 1. The van der Waals surface area contributed by atoms with Crippen molar-refractivity contribution < 1.29 is 14.4 Å². The molecule has 0 N–H and O–H groups in total. The molecule has 154 valence electrons. The van der Waals surface area contributed by atoms with Crippen molar-refractivity contribution in [3.05, 3.63) is 60.6 Å². The van der Waals surface area contributed by atoms with Crippen LogP contribution in [0.4, 0.5) is 10.5 Å². The summed E-state index contributed by atoms with van der Waals surface area (Å²) in [7, 11) is 3.34. The molecule has 8 heteroatoms. The Morgan fingerprint density at radius 2 is 1.90 bits per heavy atom. The predicted octanol–water partition coefficient (Wildman–Crippen LogP) is 3.49. The SMILES string of the molecule is CC(=O)C1C(C(=O)c2cn(C(=O)N(C)C)c3ccccc23)CSN1c1cccnc1. The summed E-state index contributed by atoms with van der Waals surface area (Å²) in [5.41, 5.74) is 1.93. The highest BCUT2D eigenvalue weighted by atomic mass is 32.2. The molecule has 0 bridgehead atoms. The molecular weight excluding hydrogens is 400 g/mol. The first-order valence-corrected chi connectivity index (χ1v) is 10.5. The maximum Gasteiger partial charge on any atom is 0.328 e. The van der Waals surface area contributed by atoms with E-state index in [1.807, 2.05) is 40.7 Å². The van der Waals surface area contributed by atoms with Crippen molar-refractivity contribution >= 4 is 46.1 Å². The van der Waals surface area contributed by atoms with Gasteiger partial charge in [0.25, 0.3) is 0 Å². The smallest absolute Gasteiger partial charge is 0.328 e. The zero-order valence-corrected chi connectivity index (χ0v) is 17.8. The number of amides is 1. The third kappa shape index (κ3) is 3.37. The maximum absolute atomic E-state index is 13.6. The Balaban J connectivity index is 1.75. The van der Waals surface area contributed by atoms with E-state index < -0.39 is 12.0 Å². The van der Waals surface area contributed by atoms with Crippen LogP contribution in [0.1, 0.15) is 17.3 Å². The van der Waals surface area contributed by atoms with E-state index in [1.54, 1.807) is 32.7 Å². The van der Waals surface area contributed by atoms with Crippen molar-refractivity contribution in [3.8, 4) is 0 Å². The minimum atomic E-state index is -0.585. The van der Waals surface area contributed by atoms with Gasteiger partial charge in [0.1, 0.15) is 6.04 Å². The summed E-state index contributed by atoms with van der Waals surface area (Å²) in [5.74, 6) is -0.230. The number of para-hydroxylation sites is 1. The van der Waals surface area contributed by atoms with Gasteiger partial charge in [-0.25, -0.2) is 4.79 Å². The van der Waals surface area contributed by atoms with Crippen LogP contribution in [0.2, 0.25) is 0 Å². The van der Waals surface area contributed by atoms with E-state index >= 15 is 0 Å². The van der Waals surface area contributed by atoms with E-state index in [1.165, 1.54) is 28.3 Å². The Labute approximate surface area is 178 Å². The number of benzene rings is 1. The normalized spacial score (nSPS) is 18.6. The number of aromatic nitrogens is 2. The molecule has 3 heterocycles. The zero-order chi connectivity index (χ0) is 21.4. The van der Waals surface area contributed by atoms with Crippen LogP contribution in [-0.2, 0) is 4.79 Å². The number of carbonyl (C=O) groups is 3. The van der Waals surface area contributed by atoms with Gasteiger partial charge in [0, 0.05) is 43.2 Å². The summed E-state index contributed by atoms with van der Waals surface area (Å²) >= 11 is 1.46. The van der Waals surface area contributed by atoms with Crippen LogP contribution in [0, 0.1) is 5.92 Å². The molecule has 3 aromatic rings. The van der Waals surface area contributed by atoms with E-state index in [9.17, 15) is 14.4 Å². The second-order valence-electron chi connectivity index (χ2n) is 7.47. The molecule has 1 aromatic carbocycles. The molecule has 1 aliphatic rings. The molecule has 1 amide bonds. The molecule has 1 saturated heterocycles. The van der Waals surface area contributed by atoms with Crippen molar-refractivity contribution in [1.82, 2.24) is 14.5 Å². The molecule has 0 radical (unpaired) electrons. The molecule has 2 unspecified atom stereocenters. The quantitative estimate of drug-likeness (QED) is 0.473. The molecule has 0 spiro atoms. The molecule has 2 aromatic heterocycles. The zero-order valence-electron chi connectivity index (χ0n) is 17.0. The second kappa shape index (κ2) is 7.95. The minimum absolute atomic E-state index is 0.0738. The maximum atomic E-state index is 13.6. The third-order valence-corrected chi connectivity index (χ3v) is 6.47. The first-order chi connectivity index (χ1) is 14.4. The lowest BCUT2D eigenvalue weighted by Crippen LogP contribution is -2.40. The van der Waals surface area contributed by atoms with Crippen molar-refractivity contribution in [2.24, 2.45) is 5.92 Å². The average Bonchev–Trinajstić information content (AvgIpc) is 3.36. The number of anilines is 1. The fourth-order valence-electron chi connectivity index (χ4n) is 3.83. The number of pyridine rings is 1. The summed E-state index contributed by atoms with van der Waals surface area (Å²) in [4.78, 5) is 44.4. The summed E-state index contributed by atoms with van der Waals surface area (Å²) in [6.07, 6.45) is 4.97. The van der Waals surface area contributed by atoms with Crippen LogP contribution in [0.5, 0.6) is 0 Å². The standard InChI is InChI=1S/C22H22N4O3S/c1-14(27)20-18(13-30-26(20)15-7-6-10-23-11-15)21(28)17-12-25(22(29)24(2)3)19-9-5-4-8-16(17)19/h4-12,18,20H,13H2,1-3H3. The highest BCUT2D eigenvalue weighted by Gasteiger charge is 2.43. The molecular formula is C22H22N4O3S. The molecule has 1 fully saturated rings. The minimum Gasteiger partial charge on any atom is -0.330 e. The second-order valence-corrected chi connectivity index (χ2v) is 8.45. The number of rotatable bonds is 4. The number of hydrogen-bond acceptors (Lipinski definition) is 6. The summed E-state index contributed by atoms with van der Waals surface area (Å²) in [5, 5.41) is 0.713. The molecule has 2 atom stereocenters. The van der Waals surface area contributed by atoms with Crippen LogP contribution >= 0.6 is 11.9 Å². The monoisotopic (exact) mass is 422 g/mol. The number of hydrogen-bond donors (Lipinski definition) is 0. The van der Waals surface area contributed by atoms with E-state index in [0.29, 0.717) is 22.2 Å². The Hall–Kier alpha value is -3.13. The Bertz CT molecular complexity index is 1130. The van der Waals surface area contributed by atoms with Gasteiger partial charge >= 0.3 is 6.03 Å². The van der Waals surface area contributed by atoms with Crippen LogP contribution < -0.4 is 4.31 Å². The van der Waals surface area contributed by atoms with Gasteiger partial charge < -0.3 is 9.21 Å². The summed E-state index contributed by atoms with van der Waals surface area (Å²) < 4.78 is 3.37. The number of ketones is 2. The topological polar surface area (TPSA) is 75.5 Å². The molecule has 1 aliphatic heterocycles. The average molecular weight is 423 g/mol. The largest absolute Gasteiger partial charge is 0.330 e. The Morgan fingerprint density at radius 3 is 2.57 bits per heavy atom. The third-order valence-electron chi connectivity index (χ3n) is 5.25. The van der Waals surface area contributed by atoms with Gasteiger partial charge in [-0.05, 0) is 37.1 Å². The van der Waals surface area contributed by atoms with Gasteiger partial charge in [0.2, 0.25) is 0 Å². The van der Waals surface area contributed by atoms with Gasteiger partial charge in [-0.3, -0.25) is 19.1 Å². The fraction of sp³-hybridized carbons (Fsp3) is 0.273. The van der Waals surface area contributed by atoms with Crippen molar-refractivity contribution in [3.63, 3.8) is 0 Å². The van der Waals surface area contributed by atoms with Gasteiger partial charge in [0.05, 0.1) is 23.3 Å². The van der Waals surface area contributed by atoms with Crippen molar-refractivity contribution in [2.45, 2.75) is 13.0 Å². The number of Topliss-reactive ketones (excluding diaryl/α,β-unsaturated/α-hetero) is 2. The molecule has 4 rings (SSSR count). The lowest BCUT2D eigenvalue weighted by atomic mass is 9.90. The van der Waals surface area contributed by atoms with Crippen LogP contribution in [0.15, 0.2) is 55.0 Å². The van der Waals surface area contributed by atoms with Crippen LogP contribution in [-0.4, -0.2) is 57.9 Å².